The zero-order valence-electron chi connectivity index (χ0n) is 27.6. The van der Waals surface area contributed by atoms with Crippen LogP contribution in [0.2, 0.25) is 0 Å². The number of esters is 1. The lowest BCUT2D eigenvalue weighted by Gasteiger charge is -2.29. The lowest BCUT2D eigenvalue weighted by atomic mass is 9.96. The van der Waals surface area contributed by atoms with Crippen molar-refractivity contribution in [3.8, 4) is 5.75 Å². The summed E-state index contributed by atoms with van der Waals surface area (Å²) in [7, 11) is -4.49. The number of fused-ring (bicyclic) bond motifs is 2. The summed E-state index contributed by atoms with van der Waals surface area (Å²) >= 11 is 0. The second-order valence-electron chi connectivity index (χ2n) is 12.4. The molecule has 1 unspecified atom stereocenters. The van der Waals surface area contributed by atoms with Crippen molar-refractivity contribution >= 4 is 41.6 Å². The van der Waals surface area contributed by atoms with Gasteiger partial charge in [-0.05, 0) is 29.9 Å². The molecule has 1 saturated heterocycles. The fourth-order valence-electron chi connectivity index (χ4n) is 5.80. The summed E-state index contributed by atoms with van der Waals surface area (Å²) in [6, 6.07) is 20.6. The Kier molecular flexibility index (Phi) is 10.1. The van der Waals surface area contributed by atoms with Crippen LogP contribution >= 0.6 is 7.75 Å². The van der Waals surface area contributed by atoms with Crippen LogP contribution in [-0.2, 0) is 30.0 Å². The highest BCUT2D eigenvalue weighted by Gasteiger charge is 2.54. The van der Waals surface area contributed by atoms with E-state index in [9.17, 15) is 24.4 Å². The van der Waals surface area contributed by atoms with E-state index in [-0.39, 0.29) is 35.4 Å². The maximum Gasteiger partial charge on any atom is 0.459 e. The molecule has 0 saturated carbocycles. The van der Waals surface area contributed by atoms with Gasteiger partial charge in [-0.25, -0.2) is 9.55 Å². The summed E-state index contributed by atoms with van der Waals surface area (Å²) in [6.45, 7) is 4.45. The first kappa shape index (κ1) is 35.2. The number of imidazole rings is 1. The highest BCUT2D eigenvalue weighted by atomic mass is 31.2. The van der Waals surface area contributed by atoms with Gasteiger partial charge in [0.1, 0.15) is 36.2 Å². The van der Waals surface area contributed by atoms with E-state index >= 15 is 0 Å². The van der Waals surface area contributed by atoms with Crippen molar-refractivity contribution in [1.29, 1.82) is 0 Å². The van der Waals surface area contributed by atoms with Gasteiger partial charge in [0.2, 0.25) is 5.95 Å². The van der Waals surface area contributed by atoms with E-state index in [2.05, 4.69) is 20.0 Å². The molecule has 264 valence electrons. The summed E-state index contributed by atoms with van der Waals surface area (Å²) in [5.74, 6) is -1.00. The van der Waals surface area contributed by atoms with Crippen molar-refractivity contribution < 1.29 is 38.1 Å². The first-order valence-electron chi connectivity index (χ1n) is 16.1. The predicted molar refractivity (Wildman–Crippen MR) is 184 cm³/mol. The highest BCUT2D eigenvalue weighted by molar-refractivity contribution is 7.52. The number of rotatable bonds is 13. The number of nitrogens with zero attached hydrogens (tertiary/aromatic N) is 3. The summed E-state index contributed by atoms with van der Waals surface area (Å²) in [5, 5.41) is 26.9. The van der Waals surface area contributed by atoms with Gasteiger partial charge in [0.05, 0.1) is 12.9 Å². The van der Waals surface area contributed by atoms with Crippen molar-refractivity contribution in [2.75, 3.05) is 12.3 Å². The van der Waals surface area contributed by atoms with E-state index in [0.717, 1.165) is 10.9 Å². The van der Waals surface area contributed by atoms with Gasteiger partial charge in [-0.3, -0.25) is 23.7 Å². The molecular formula is C34H39N6O9P. The Labute approximate surface area is 287 Å². The molecule has 15 nitrogen and oxygen atoms in total. The number of aromatic amines is 1. The van der Waals surface area contributed by atoms with Gasteiger partial charge in [0.25, 0.3) is 5.56 Å². The third kappa shape index (κ3) is 7.15. The van der Waals surface area contributed by atoms with E-state index < -0.39 is 56.0 Å². The minimum atomic E-state index is -4.49. The van der Waals surface area contributed by atoms with Gasteiger partial charge < -0.3 is 29.9 Å². The second-order valence-corrected chi connectivity index (χ2v) is 14.1. The Bertz CT molecular complexity index is 2080. The third-order valence-corrected chi connectivity index (χ3v) is 10.3. The van der Waals surface area contributed by atoms with Crippen LogP contribution in [0.4, 0.5) is 5.95 Å². The fraction of sp³-hybridized carbons (Fsp3) is 0.353. The van der Waals surface area contributed by atoms with Gasteiger partial charge >= 0.3 is 13.7 Å². The molecule has 1 aliphatic heterocycles. The molecule has 1 aliphatic rings. The molecule has 0 spiro atoms. The molecule has 6 rings (SSSR count). The maximum atomic E-state index is 14.8. The van der Waals surface area contributed by atoms with Crippen LogP contribution in [0.25, 0.3) is 21.9 Å². The molecule has 0 aliphatic carbocycles. The number of nitrogens with two attached hydrogens (primary N) is 1. The van der Waals surface area contributed by atoms with E-state index in [1.165, 1.54) is 17.8 Å². The Morgan fingerprint density at radius 3 is 2.64 bits per heavy atom. The third-order valence-electron chi connectivity index (χ3n) is 8.82. The molecule has 0 amide bonds. The van der Waals surface area contributed by atoms with Crippen molar-refractivity contribution in [2.45, 2.75) is 63.9 Å². The molecule has 3 heterocycles. The number of nitrogens with one attached hydrogen (secondary N) is 2. The van der Waals surface area contributed by atoms with E-state index in [1.807, 2.05) is 55.5 Å². The number of carbonyl (C=O) groups is 1. The molecule has 3 aromatic carbocycles. The standard InChI is InChI=1S/C34H39N6O9P/c1-4-20(2)26(31(43)46-17-21-11-6-5-7-12-21)39-50(45,49-24-16-10-14-22-13-8-9-15-23(22)24)47-18-25-28(41)34(3,44)32(48-25)40-19-36-27-29(40)37-33(35)38-30(27)42/h5-16,19-20,25-26,28,32,41,44H,4,17-18H2,1-3H3,(H,39,45)(H3,35,37,38,42)/t20-,25+,26-,28+,32+,34+,50?/m0/s1. The number of ether oxygens (including phenoxy) is 2. The Balaban J connectivity index is 1.29. The molecule has 16 heteroatoms. The van der Waals surface area contributed by atoms with Crippen molar-refractivity contribution in [2.24, 2.45) is 5.92 Å². The Morgan fingerprint density at radius 1 is 1.16 bits per heavy atom. The molecule has 6 N–H and O–H groups in total. The zero-order chi connectivity index (χ0) is 35.6. The van der Waals surface area contributed by atoms with Crippen molar-refractivity contribution in [3.05, 3.63) is 95.0 Å². The summed E-state index contributed by atoms with van der Waals surface area (Å²) in [4.78, 5) is 36.4. The molecule has 0 bridgehead atoms. The highest BCUT2D eigenvalue weighted by Crippen LogP contribution is 2.49. The molecule has 7 atom stereocenters. The van der Waals surface area contributed by atoms with Gasteiger partial charge in [0, 0.05) is 5.39 Å². The summed E-state index contributed by atoms with van der Waals surface area (Å²) in [5.41, 5.74) is 3.92. The summed E-state index contributed by atoms with van der Waals surface area (Å²) < 4.78 is 39.8. The smallest absolute Gasteiger partial charge is 0.459 e. The van der Waals surface area contributed by atoms with Crippen molar-refractivity contribution in [3.63, 3.8) is 0 Å². The monoisotopic (exact) mass is 706 g/mol. The molecule has 1 fully saturated rings. The largest absolute Gasteiger partial charge is 0.460 e. The van der Waals surface area contributed by atoms with E-state index in [4.69, 9.17) is 24.3 Å². The lowest BCUT2D eigenvalue weighted by molar-refractivity contribution is -0.148. The van der Waals surface area contributed by atoms with Gasteiger partial charge in [-0.1, -0.05) is 87.0 Å². The molecular weight excluding hydrogens is 667 g/mol. The molecule has 5 aromatic rings. The Morgan fingerprint density at radius 2 is 1.88 bits per heavy atom. The SMILES string of the molecule is CC[C@H](C)[C@H](NP(=O)(OC[C@H]1O[C@@H](n2cnc3c(=O)[nH]c(N)nc32)[C@](C)(O)[C@@H]1O)Oc1cccc2ccccc12)C(=O)OCc1ccccc1. The topological polar surface area (TPSA) is 213 Å². The van der Waals surface area contributed by atoms with Crippen LogP contribution in [0.5, 0.6) is 5.75 Å². The van der Waals surface area contributed by atoms with Crippen LogP contribution in [0, 0.1) is 5.92 Å². The van der Waals surface area contributed by atoms with Crippen LogP contribution < -0.4 is 20.9 Å². The van der Waals surface area contributed by atoms with Crippen LogP contribution in [0.15, 0.2) is 83.9 Å². The maximum absolute atomic E-state index is 14.8. The van der Waals surface area contributed by atoms with Gasteiger partial charge in [-0.15, -0.1) is 0 Å². The lowest BCUT2D eigenvalue weighted by Crippen LogP contribution is -2.45. The minimum Gasteiger partial charge on any atom is -0.460 e. The molecule has 0 radical (unpaired) electrons. The van der Waals surface area contributed by atoms with Gasteiger partial charge in [0.15, 0.2) is 17.4 Å². The normalized spacial score (nSPS) is 23.0. The van der Waals surface area contributed by atoms with Crippen LogP contribution in [0.3, 0.4) is 0 Å². The number of hydrogen-bond acceptors (Lipinski definition) is 12. The average molecular weight is 707 g/mol. The number of anilines is 1. The number of benzene rings is 3. The van der Waals surface area contributed by atoms with Gasteiger partial charge in [-0.2, -0.15) is 10.1 Å². The number of carbonyl (C=O) groups excluding carboxylic acids is 1. The summed E-state index contributed by atoms with van der Waals surface area (Å²) in [6.07, 6.45) is -2.42. The van der Waals surface area contributed by atoms with Crippen molar-refractivity contribution in [1.82, 2.24) is 24.6 Å². The van der Waals surface area contributed by atoms with E-state index in [0.29, 0.717) is 11.8 Å². The second kappa shape index (κ2) is 14.3. The van der Waals surface area contributed by atoms with Crippen LogP contribution in [-0.4, -0.2) is 66.2 Å². The predicted octanol–water partition coefficient (Wildman–Crippen LogP) is 3.82. The number of nitrogen functional groups attached to an aromatic ring is 1. The first-order chi connectivity index (χ1) is 23.9. The first-order valence-corrected chi connectivity index (χ1v) is 17.6. The zero-order valence-corrected chi connectivity index (χ0v) is 28.5. The molecule has 2 aromatic heterocycles. The number of aliphatic hydroxyl groups is 2. The number of H-pyrrole nitrogens is 1. The number of aromatic nitrogens is 4. The number of aliphatic hydroxyl groups excluding tert-OH is 1. The average Bonchev–Trinajstić information content (AvgIpc) is 3.62. The van der Waals surface area contributed by atoms with E-state index in [1.54, 1.807) is 31.2 Å². The Hall–Kier alpha value is -4.63. The minimum absolute atomic E-state index is 0.00247. The molecule has 50 heavy (non-hydrogen) atoms. The van der Waals surface area contributed by atoms with Crippen LogP contribution in [0.1, 0.15) is 39.0 Å². The number of hydrogen-bond donors (Lipinski definition) is 5. The quantitative estimate of drug-likeness (QED) is 0.0871. The fourth-order valence-corrected chi connectivity index (χ4v) is 7.44.